The molecule has 1 N–H and O–H groups in total. The van der Waals surface area contributed by atoms with Gasteiger partial charge in [0.05, 0.1) is 0 Å². The summed E-state index contributed by atoms with van der Waals surface area (Å²) in [5, 5.41) is 4.01. The highest BCUT2D eigenvalue weighted by Gasteiger charge is 2.08. The number of halogens is 1. The molecule has 0 aliphatic carbocycles. The summed E-state index contributed by atoms with van der Waals surface area (Å²) in [6, 6.07) is 17.7. The van der Waals surface area contributed by atoms with Gasteiger partial charge in [-0.25, -0.2) is 0 Å². The fourth-order valence-electron chi connectivity index (χ4n) is 2.43. The zero-order chi connectivity index (χ0) is 18.1. The second-order valence-electron chi connectivity index (χ2n) is 5.73. The molecule has 134 valence electrons. The van der Waals surface area contributed by atoms with Gasteiger partial charge in [0.15, 0.2) is 5.96 Å². The Balaban J connectivity index is 1.77. The van der Waals surface area contributed by atoms with Gasteiger partial charge in [-0.3, -0.25) is 9.20 Å². The van der Waals surface area contributed by atoms with Crippen LogP contribution in [0.5, 0.6) is 0 Å². The smallest absolute Gasteiger partial charge is 0.193 e. The third-order valence-electron chi connectivity index (χ3n) is 3.69. The van der Waals surface area contributed by atoms with Crippen molar-refractivity contribution in [2.24, 2.45) is 4.99 Å². The molecule has 2 aromatic rings. The van der Waals surface area contributed by atoms with Crippen molar-refractivity contribution in [3.63, 3.8) is 0 Å². The van der Waals surface area contributed by atoms with Gasteiger partial charge in [0.25, 0.3) is 0 Å². The average Bonchev–Trinajstić information content (AvgIpc) is 2.61. The first-order chi connectivity index (χ1) is 12.1. The van der Waals surface area contributed by atoms with Crippen LogP contribution in [0, 0.1) is 0 Å². The lowest BCUT2D eigenvalue weighted by molar-refractivity contribution is 0.479. The lowest BCUT2D eigenvalue weighted by Crippen LogP contribution is -2.40. The number of hydrogen-bond acceptors (Lipinski definition) is 2. The predicted octanol–water partition coefficient (Wildman–Crippen LogP) is 3.30. The van der Waals surface area contributed by atoms with Crippen LogP contribution in [0.25, 0.3) is 0 Å². The van der Waals surface area contributed by atoms with E-state index in [4.69, 9.17) is 11.6 Å². The van der Waals surface area contributed by atoms with Crippen molar-refractivity contribution in [1.82, 2.24) is 10.2 Å². The standard InChI is InChI=1S/C19H24ClN3OS/c1-21-19(23(2)14-16-8-10-18(20)11-9-16)22-12-13-25(24)15-17-6-4-3-5-7-17/h3-11H,12-15H2,1-2H3,(H,21,22). The number of nitrogens with one attached hydrogen (secondary N) is 1. The Kier molecular flexibility index (Phi) is 7.95. The van der Waals surface area contributed by atoms with Crippen LogP contribution >= 0.6 is 11.6 Å². The Morgan fingerprint density at radius 2 is 1.80 bits per heavy atom. The minimum atomic E-state index is -0.894. The van der Waals surface area contributed by atoms with E-state index in [2.05, 4.69) is 10.3 Å². The summed E-state index contributed by atoms with van der Waals surface area (Å²) >= 11 is 5.92. The molecule has 0 aromatic heterocycles. The zero-order valence-electron chi connectivity index (χ0n) is 14.6. The molecule has 0 saturated carbocycles. The van der Waals surface area contributed by atoms with Crippen LogP contribution in [0.15, 0.2) is 59.6 Å². The van der Waals surface area contributed by atoms with Crippen LogP contribution in [0.4, 0.5) is 0 Å². The largest absolute Gasteiger partial charge is 0.355 e. The van der Waals surface area contributed by atoms with Gasteiger partial charge in [-0.2, -0.15) is 0 Å². The summed E-state index contributed by atoms with van der Waals surface area (Å²) in [4.78, 5) is 6.32. The maximum atomic E-state index is 12.2. The Bertz CT molecular complexity index is 704. The second-order valence-corrected chi connectivity index (χ2v) is 7.74. The number of rotatable bonds is 7. The molecular formula is C19H24ClN3OS. The van der Waals surface area contributed by atoms with E-state index >= 15 is 0 Å². The Labute approximate surface area is 157 Å². The summed E-state index contributed by atoms with van der Waals surface area (Å²) < 4.78 is 12.2. The molecule has 1 unspecified atom stereocenters. The summed E-state index contributed by atoms with van der Waals surface area (Å²) in [6.45, 7) is 1.35. The molecule has 0 fully saturated rings. The van der Waals surface area contributed by atoms with Crippen molar-refractivity contribution in [1.29, 1.82) is 0 Å². The van der Waals surface area contributed by atoms with E-state index in [1.165, 1.54) is 0 Å². The number of hydrogen-bond donors (Lipinski definition) is 1. The number of aliphatic imine (C=N–C) groups is 1. The number of nitrogens with zero attached hydrogens (tertiary/aromatic N) is 2. The number of benzene rings is 2. The van der Waals surface area contributed by atoms with Gasteiger partial charge in [-0.15, -0.1) is 0 Å². The third kappa shape index (κ3) is 6.88. The normalized spacial score (nSPS) is 12.7. The maximum absolute atomic E-state index is 12.2. The molecule has 0 aliphatic heterocycles. The van der Waals surface area contributed by atoms with E-state index in [9.17, 15) is 4.21 Å². The van der Waals surface area contributed by atoms with E-state index in [-0.39, 0.29) is 0 Å². The number of guanidine groups is 1. The highest BCUT2D eigenvalue weighted by atomic mass is 35.5. The molecule has 0 amide bonds. The van der Waals surface area contributed by atoms with E-state index in [0.29, 0.717) is 18.1 Å². The fourth-order valence-corrected chi connectivity index (χ4v) is 3.60. The molecular weight excluding hydrogens is 354 g/mol. The van der Waals surface area contributed by atoms with E-state index in [1.807, 2.05) is 66.5 Å². The minimum Gasteiger partial charge on any atom is -0.355 e. The Morgan fingerprint density at radius 3 is 2.44 bits per heavy atom. The van der Waals surface area contributed by atoms with Gasteiger partial charge < -0.3 is 10.2 Å². The van der Waals surface area contributed by atoms with Crippen molar-refractivity contribution >= 4 is 28.4 Å². The molecule has 6 heteroatoms. The van der Waals surface area contributed by atoms with Gasteiger partial charge in [0.2, 0.25) is 0 Å². The van der Waals surface area contributed by atoms with Crippen LogP contribution in [0.2, 0.25) is 5.02 Å². The van der Waals surface area contributed by atoms with Crippen LogP contribution in [0.1, 0.15) is 11.1 Å². The molecule has 1 atom stereocenters. The van der Waals surface area contributed by atoms with Gasteiger partial charge in [-0.1, -0.05) is 54.1 Å². The molecule has 25 heavy (non-hydrogen) atoms. The highest BCUT2D eigenvalue weighted by molar-refractivity contribution is 7.84. The molecule has 2 aromatic carbocycles. The molecule has 0 saturated heterocycles. The first-order valence-corrected chi connectivity index (χ1v) is 10.00. The van der Waals surface area contributed by atoms with Crippen LogP contribution in [0.3, 0.4) is 0 Å². The minimum absolute atomic E-state index is 0.585. The van der Waals surface area contributed by atoms with E-state index < -0.39 is 10.8 Å². The summed E-state index contributed by atoms with van der Waals surface area (Å²) in [5.41, 5.74) is 2.26. The monoisotopic (exact) mass is 377 g/mol. The van der Waals surface area contributed by atoms with Crippen molar-refractivity contribution in [3.05, 3.63) is 70.7 Å². The maximum Gasteiger partial charge on any atom is 0.193 e. The second kappa shape index (κ2) is 10.2. The van der Waals surface area contributed by atoms with E-state index in [1.54, 1.807) is 7.05 Å². The van der Waals surface area contributed by atoms with Gasteiger partial charge in [-0.05, 0) is 23.3 Å². The van der Waals surface area contributed by atoms with Crippen molar-refractivity contribution in [3.8, 4) is 0 Å². The molecule has 0 bridgehead atoms. The topological polar surface area (TPSA) is 44.7 Å². The molecule has 2 rings (SSSR count). The van der Waals surface area contributed by atoms with E-state index in [0.717, 1.165) is 28.7 Å². The summed E-state index contributed by atoms with van der Waals surface area (Å²) in [7, 11) is 2.83. The Morgan fingerprint density at radius 1 is 1.12 bits per heavy atom. The molecule has 0 radical (unpaired) electrons. The van der Waals surface area contributed by atoms with Crippen molar-refractivity contribution in [2.45, 2.75) is 12.3 Å². The molecule has 4 nitrogen and oxygen atoms in total. The van der Waals surface area contributed by atoms with Crippen molar-refractivity contribution in [2.75, 3.05) is 26.4 Å². The zero-order valence-corrected chi connectivity index (χ0v) is 16.2. The summed E-state index contributed by atoms with van der Waals surface area (Å²) in [6.07, 6.45) is 0. The highest BCUT2D eigenvalue weighted by Crippen LogP contribution is 2.11. The lowest BCUT2D eigenvalue weighted by Gasteiger charge is -2.22. The van der Waals surface area contributed by atoms with Crippen molar-refractivity contribution < 1.29 is 4.21 Å². The van der Waals surface area contributed by atoms with Gasteiger partial charge >= 0.3 is 0 Å². The first-order valence-electron chi connectivity index (χ1n) is 8.13. The first kappa shape index (κ1) is 19.5. The lowest BCUT2D eigenvalue weighted by atomic mass is 10.2. The SMILES string of the molecule is CN=C(NCCS(=O)Cc1ccccc1)N(C)Cc1ccc(Cl)cc1. The Hall–Kier alpha value is -1.85. The third-order valence-corrected chi connectivity index (χ3v) is 5.26. The quantitative estimate of drug-likeness (QED) is 0.594. The van der Waals surface area contributed by atoms with Crippen LogP contribution in [-0.4, -0.2) is 41.5 Å². The average molecular weight is 378 g/mol. The summed E-state index contributed by atoms with van der Waals surface area (Å²) in [5.74, 6) is 1.96. The van der Waals surface area contributed by atoms with Gasteiger partial charge in [0, 0.05) is 54.5 Å². The predicted molar refractivity (Wildman–Crippen MR) is 107 cm³/mol. The van der Waals surface area contributed by atoms with Crippen LogP contribution < -0.4 is 5.32 Å². The fraction of sp³-hybridized carbons (Fsp3) is 0.316. The molecule has 0 heterocycles. The van der Waals surface area contributed by atoms with Gasteiger partial charge in [0.1, 0.15) is 0 Å². The van der Waals surface area contributed by atoms with Crippen LogP contribution in [-0.2, 0) is 23.1 Å². The molecule has 0 aliphatic rings. The molecule has 0 spiro atoms.